The third-order valence-electron chi connectivity index (χ3n) is 3.70. The Kier molecular flexibility index (Phi) is 4.85. The third kappa shape index (κ3) is 3.59. The number of amides is 1. The van der Waals surface area contributed by atoms with Crippen LogP contribution in [0.15, 0.2) is 12.1 Å². The van der Waals surface area contributed by atoms with Crippen molar-refractivity contribution >= 4 is 28.9 Å². The lowest BCUT2D eigenvalue weighted by Gasteiger charge is -2.15. The first-order valence-corrected chi connectivity index (χ1v) is 8.11. The molecule has 2 N–H and O–H groups in total. The molecule has 0 unspecified atom stereocenters. The van der Waals surface area contributed by atoms with E-state index in [4.69, 9.17) is 5.11 Å². The highest BCUT2D eigenvalue weighted by Gasteiger charge is 2.23. The molecule has 0 bridgehead atoms. The summed E-state index contributed by atoms with van der Waals surface area (Å²) >= 11 is 1.05. The van der Waals surface area contributed by atoms with Crippen molar-refractivity contribution < 1.29 is 14.7 Å². The van der Waals surface area contributed by atoms with E-state index in [2.05, 4.69) is 10.3 Å². The highest BCUT2D eigenvalue weighted by Crippen LogP contribution is 2.28. The van der Waals surface area contributed by atoms with E-state index in [-0.39, 0.29) is 10.8 Å². The summed E-state index contributed by atoms with van der Waals surface area (Å²) in [6.45, 7) is 9.30. The Morgan fingerprint density at radius 3 is 2.22 bits per heavy atom. The number of carboxylic acid groups (broad SMARTS) is 1. The number of carbonyl (C=O) groups is 2. The minimum absolute atomic E-state index is 0.183. The lowest BCUT2D eigenvalue weighted by Crippen LogP contribution is -2.20. The number of aromatic nitrogens is 1. The van der Waals surface area contributed by atoms with Crippen molar-refractivity contribution in [3.8, 4) is 0 Å². The lowest BCUT2D eigenvalue weighted by atomic mass is 10.0. The van der Waals surface area contributed by atoms with Gasteiger partial charge in [-0.2, -0.15) is 0 Å². The molecule has 1 amide bonds. The third-order valence-corrected chi connectivity index (χ3v) is 5.02. The maximum absolute atomic E-state index is 12.5. The summed E-state index contributed by atoms with van der Waals surface area (Å²) in [6, 6.07) is 4.03. The summed E-state index contributed by atoms with van der Waals surface area (Å²) in [5.41, 5.74) is 4.40. The van der Waals surface area contributed by atoms with E-state index in [1.807, 2.05) is 32.9 Å². The van der Waals surface area contributed by atoms with Gasteiger partial charge in [0.2, 0.25) is 5.91 Å². The van der Waals surface area contributed by atoms with Crippen LogP contribution in [0.3, 0.4) is 0 Å². The Morgan fingerprint density at radius 1 is 1.17 bits per heavy atom. The molecule has 0 saturated carbocycles. The molecule has 0 saturated heterocycles. The normalized spacial score (nSPS) is 12.0. The first kappa shape index (κ1) is 17.1. The zero-order valence-electron chi connectivity index (χ0n) is 13.9. The molecule has 0 spiro atoms. The number of carboxylic acids is 1. The summed E-state index contributed by atoms with van der Waals surface area (Å²) in [5, 5.41) is 12.6. The molecule has 5 nitrogen and oxygen atoms in total. The van der Waals surface area contributed by atoms with Gasteiger partial charge in [0.25, 0.3) is 0 Å². The van der Waals surface area contributed by atoms with Gasteiger partial charge in [-0.15, -0.1) is 11.3 Å². The van der Waals surface area contributed by atoms with Gasteiger partial charge in [0.05, 0.1) is 11.6 Å². The molecule has 23 heavy (non-hydrogen) atoms. The number of nitrogens with one attached hydrogen (secondary N) is 1. The number of anilines is 1. The van der Waals surface area contributed by atoms with E-state index in [1.165, 1.54) is 0 Å². The molecule has 1 aromatic heterocycles. The van der Waals surface area contributed by atoms with Crippen molar-refractivity contribution in [2.24, 2.45) is 0 Å². The van der Waals surface area contributed by atoms with Crippen molar-refractivity contribution in [2.45, 2.75) is 40.5 Å². The SMILES string of the molecule is Cc1cc(C)c(NC(=O)[C@@H](C)c2nc(C)c(C(=O)O)s2)c(C)c1. The van der Waals surface area contributed by atoms with Crippen molar-refractivity contribution in [1.29, 1.82) is 0 Å². The maximum Gasteiger partial charge on any atom is 0.347 e. The molecule has 0 fully saturated rings. The van der Waals surface area contributed by atoms with Crippen molar-refractivity contribution in [2.75, 3.05) is 5.32 Å². The van der Waals surface area contributed by atoms with Gasteiger partial charge in [-0.25, -0.2) is 9.78 Å². The summed E-state index contributed by atoms with van der Waals surface area (Å²) in [6.07, 6.45) is 0. The molecule has 6 heteroatoms. The Bertz CT molecular complexity index is 757. The Morgan fingerprint density at radius 2 is 1.74 bits per heavy atom. The van der Waals surface area contributed by atoms with Crippen LogP contribution in [0.2, 0.25) is 0 Å². The number of hydrogen-bond acceptors (Lipinski definition) is 4. The summed E-state index contributed by atoms with van der Waals surface area (Å²) in [4.78, 5) is 28.0. The molecule has 0 radical (unpaired) electrons. The lowest BCUT2D eigenvalue weighted by molar-refractivity contribution is -0.117. The topological polar surface area (TPSA) is 79.3 Å². The van der Waals surface area contributed by atoms with E-state index < -0.39 is 11.9 Å². The van der Waals surface area contributed by atoms with Crippen LogP contribution in [0.25, 0.3) is 0 Å². The van der Waals surface area contributed by atoms with Crippen molar-refractivity contribution in [1.82, 2.24) is 4.98 Å². The second-order valence-corrected chi connectivity index (χ2v) is 6.79. The van der Waals surface area contributed by atoms with Crippen LogP contribution in [-0.2, 0) is 4.79 Å². The van der Waals surface area contributed by atoms with Gasteiger partial charge < -0.3 is 10.4 Å². The monoisotopic (exact) mass is 332 g/mol. The van der Waals surface area contributed by atoms with E-state index in [1.54, 1.807) is 13.8 Å². The molecular weight excluding hydrogens is 312 g/mol. The summed E-state index contributed by atoms with van der Waals surface area (Å²) in [7, 11) is 0. The molecule has 1 atom stereocenters. The van der Waals surface area contributed by atoms with E-state index >= 15 is 0 Å². The number of carbonyl (C=O) groups excluding carboxylic acids is 1. The van der Waals surface area contributed by atoms with Gasteiger partial charge in [0, 0.05) is 5.69 Å². The minimum atomic E-state index is -1.01. The second kappa shape index (κ2) is 6.50. The summed E-state index contributed by atoms with van der Waals surface area (Å²) in [5.74, 6) is -1.71. The number of thiazole rings is 1. The van der Waals surface area contributed by atoms with Crippen LogP contribution in [0, 0.1) is 27.7 Å². The van der Waals surface area contributed by atoms with Crippen LogP contribution in [0.1, 0.15) is 49.9 Å². The Balaban J connectivity index is 2.24. The van der Waals surface area contributed by atoms with Crippen LogP contribution < -0.4 is 5.32 Å². The largest absolute Gasteiger partial charge is 0.477 e. The number of nitrogens with zero attached hydrogens (tertiary/aromatic N) is 1. The number of aromatic carboxylic acids is 1. The Labute approximate surface area is 139 Å². The first-order valence-electron chi connectivity index (χ1n) is 7.30. The molecule has 2 rings (SSSR count). The highest BCUT2D eigenvalue weighted by atomic mass is 32.1. The van der Waals surface area contributed by atoms with E-state index in [0.717, 1.165) is 33.7 Å². The van der Waals surface area contributed by atoms with Crippen LogP contribution in [0.4, 0.5) is 5.69 Å². The van der Waals surface area contributed by atoms with Crippen molar-refractivity contribution in [3.05, 3.63) is 44.4 Å². The van der Waals surface area contributed by atoms with Crippen LogP contribution in [0.5, 0.6) is 0 Å². The van der Waals surface area contributed by atoms with Gasteiger partial charge in [-0.1, -0.05) is 17.7 Å². The number of aryl methyl sites for hydroxylation is 4. The molecule has 0 aliphatic carbocycles. The molecule has 1 heterocycles. The standard InChI is InChI=1S/C17H20N2O3S/c1-8-6-9(2)13(10(3)7-8)19-15(20)11(4)16-18-12(5)14(23-16)17(21)22/h6-7,11H,1-5H3,(H,19,20)(H,21,22)/t11-/m1/s1. The molecule has 122 valence electrons. The zero-order valence-corrected chi connectivity index (χ0v) is 14.7. The van der Waals surface area contributed by atoms with Gasteiger partial charge in [-0.05, 0) is 45.7 Å². The summed E-state index contributed by atoms with van der Waals surface area (Å²) < 4.78 is 0. The predicted octanol–water partition coefficient (Wildman–Crippen LogP) is 3.82. The average molecular weight is 332 g/mol. The smallest absolute Gasteiger partial charge is 0.347 e. The zero-order chi connectivity index (χ0) is 17.3. The number of benzene rings is 1. The van der Waals surface area contributed by atoms with E-state index in [9.17, 15) is 9.59 Å². The van der Waals surface area contributed by atoms with Crippen LogP contribution >= 0.6 is 11.3 Å². The number of hydrogen-bond donors (Lipinski definition) is 2. The maximum atomic E-state index is 12.5. The predicted molar refractivity (Wildman–Crippen MR) is 91.5 cm³/mol. The van der Waals surface area contributed by atoms with Crippen LogP contribution in [-0.4, -0.2) is 22.0 Å². The molecule has 0 aliphatic rings. The molecular formula is C17H20N2O3S. The fourth-order valence-electron chi connectivity index (χ4n) is 2.52. The van der Waals surface area contributed by atoms with E-state index in [0.29, 0.717) is 10.7 Å². The average Bonchev–Trinajstić information content (AvgIpc) is 2.83. The van der Waals surface area contributed by atoms with Gasteiger partial charge in [0.1, 0.15) is 9.88 Å². The van der Waals surface area contributed by atoms with Gasteiger partial charge in [0.15, 0.2) is 0 Å². The molecule has 0 aliphatic heterocycles. The number of rotatable bonds is 4. The molecule has 2 aromatic rings. The fourth-order valence-corrected chi connectivity index (χ4v) is 3.48. The first-order chi connectivity index (χ1) is 10.7. The highest BCUT2D eigenvalue weighted by molar-refractivity contribution is 7.13. The second-order valence-electron chi connectivity index (χ2n) is 5.76. The Hall–Kier alpha value is -2.21. The van der Waals surface area contributed by atoms with Gasteiger partial charge in [-0.3, -0.25) is 4.79 Å². The van der Waals surface area contributed by atoms with Gasteiger partial charge >= 0.3 is 5.97 Å². The minimum Gasteiger partial charge on any atom is -0.477 e. The quantitative estimate of drug-likeness (QED) is 0.892. The van der Waals surface area contributed by atoms with Crippen molar-refractivity contribution in [3.63, 3.8) is 0 Å². The fraction of sp³-hybridized carbons (Fsp3) is 0.353. The molecule has 1 aromatic carbocycles.